The molecule has 0 aromatic heterocycles. The Hall–Kier alpha value is -2.62. The van der Waals surface area contributed by atoms with Gasteiger partial charge in [0.1, 0.15) is 6.04 Å². The summed E-state index contributed by atoms with van der Waals surface area (Å²) in [6.07, 6.45) is 0.953. The van der Waals surface area contributed by atoms with E-state index in [4.69, 9.17) is 0 Å². The molecular weight excluding hydrogens is 264 g/mol. The minimum absolute atomic E-state index is 0.00517. The number of hydrogen-bond donors (Lipinski definition) is 1. The summed E-state index contributed by atoms with van der Waals surface area (Å²) >= 11 is 0. The van der Waals surface area contributed by atoms with Crippen molar-refractivity contribution in [2.45, 2.75) is 18.9 Å². The number of carbonyl (C=O) groups excluding carboxylic acids is 2. The quantitative estimate of drug-likeness (QED) is 0.940. The summed E-state index contributed by atoms with van der Waals surface area (Å²) in [5.74, 6) is -0.148. The van der Waals surface area contributed by atoms with Gasteiger partial charge in [-0.15, -0.1) is 0 Å². The molecule has 2 amide bonds. The highest BCUT2D eigenvalue weighted by Crippen LogP contribution is 2.27. The smallest absolute Gasteiger partial charge is 0.247 e. The summed E-state index contributed by atoms with van der Waals surface area (Å²) in [5, 5.41) is 2.87. The molecule has 0 radical (unpaired) electrons. The molecule has 0 spiro atoms. The van der Waals surface area contributed by atoms with Crippen molar-refractivity contribution < 1.29 is 9.59 Å². The molecule has 4 heteroatoms. The second-order valence-electron chi connectivity index (χ2n) is 5.01. The zero-order chi connectivity index (χ0) is 14.7. The summed E-state index contributed by atoms with van der Waals surface area (Å²) in [7, 11) is 0. The molecular formula is C17H16N2O2. The van der Waals surface area contributed by atoms with Crippen LogP contribution in [0.3, 0.4) is 0 Å². The minimum atomic E-state index is -0.444. The number of nitrogens with zero attached hydrogens (tertiary/aromatic N) is 1. The molecule has 1 N–H and O–H groups in total. The molecule has 2 aromatic carbocycles. The maximum atomic E-state index is 12.4. The van der Waals surface area contributed by atoms with Crippen molar-refractivity contribution in [3.8, 4) is 0 Å². The van der Waals surface area contributed by atoms with Gasteiger partial charge in [0.05, 0.1) is 0 Å². The lowest BCUT2D eigenvalue weighted by atomic mass is 10.2. The first kappa shape index (κ1) is 13.4. The van der Waals surface area contributed by atoms with Crippen molar-refractivity contribution >= 4 is 23.2 Å². The Morgan fingerprint density at radius 1 is 1.00 bits per heavy atom. The largest absolute Gasteiger partial charge is 0.324 e. The minimum Gasteiger partial charge on any atom is -0.324 e. The van der Waals surface area contributed by atoms with E-state index in [0.717, 1.165) is 11.4 Å². The molecule has 1 unspecified atom stereocenters. The number of rotatable bonds is 3. The number of hydrogen-bond acceptors (Lipinski definition) is 2. The Bertz CT molecular complexity index is 640. The van der Waals surface area contributed by atoms with E-state index in [1.165, 1.54) is 0 Å². The maximum absolute atomic E-state index is 12.4. The van der Waals surface area contributed by atoms with Crippen LogP contribution in [-0.2, 0) is 9.59 Å². The molecule has 3 rings (SSSR count). The lowest BCUT2D eigenvalue weighted by molar-refractivity contribution is -0.120. The highest BCUT2D eigenvalue weighted by molar-refractivity contribution is 6.07. The van der Waals surface area contributed by atoms with E-state index in [-0.39, 0.29) is 11.8 Å². The van der Waals surface area contributed by atoms with Crippen LogP contribution < -0.4 is 10.2 Å². The molecule has 0 bridgehead atoms. The Kier molecular flexibility index (Phi) is 3.69. The fraction of sp³-hybridized carbons (Fsp3) is 0.176. The van der Waals surface area contributed by atoms with Crippen molar-refractivity contribution in [3.63, 3.8) is 0 Å². The highest BCUT2D eigenvalue weighted by atomic mass is 16.2. The summed E-state index contributed by atoms with van der Waals surface area (Å²) in [6.45, 7) is 0. The molecule has 21 heavy (non-hydrogen) atoms. The number of anilines is 2. The second-order valence-corrected chi connectivity index (χ2v) is 5.01. The first-order valence-corrected chi connectivity index (χ1v) is 6.99. The number of nitrogens with one attached hydrogen (secondary N) is 1. The lowest BCUT2D eigenvalue weighted by Gasteiger charge is -2.24. The molecule has 0 saturated carbocycles. The predicted octanol–water partition coefficient (Wildman–Crippen LogP) is 2.82. The molecule has 1 aliphatic rings. The second kappa shape index (κ2) is 5.79. The summed E-state index contributed by atoms with van der Waals surface area (Å²) in [5.41, 5.74) is 1.52. The number of amides is 2. The normalized spacial score (nSPS) is 17.8. The van der Waals surface area contributed by atoms with E-state index in [2.05, 4.69) is 5.32 Å². The number of carbonyl (C=O) groups is 2. The van der Waals surface area contributed by atoms with Gasteiger partial charge < -0.3 is 5.32 Å². The van der Waals surface area contributed by atoms with Crippen molar-refractivity contribution in [1.82, 2.24) is 0 Å². The van der Waals surface area contributed by atoms with Crippen LogP contribution in [0.1, 0.15) is 12.8 Å². The Morgan fingerprint density at radius 3 is 2.29 bits per heavy atom. The van der Waals surface area contributed by atoms with E-state index >= 15 is 0 Å². The molecule has 2 aromatic rings. The predicted molar refractivity (Wildman–Crippen MR) is 82.0 cm³/mol. The molecule has 1 fully saturated rings. The van der Waals surface area contributed by atoms with E-state index in [1.54, 1.807) is 4.90 Å². The zero-order valence-corrected chi connectivity index (χ0v) is 11.5. The lowest BCUT2D eigenvalue weighted by Crippen LogP contribution is -2.41. The highest BCUT2D eigenvalue weighted by Gasteiger charge is 2.36. The van der Waals surface area contributed by atoms with E-state index in [1.807, 2.05) is 60.7 Å². The van der Waals surface area contributed by atoms with Crippen LogP contribution in [0, 0.1) is 0 Å². The van der Waals surface area contributed by atoms with Crippen LogP contribution in [0.4, 0.5) is 11.4 Å². The Labute approximate surface area is 123 Å². The van der Waals surface area contributed by atoms with Crippen LogP contribution in [0.5, 0.6) is 0 Å². The zero-order valence-electron chi connectivity index (χ0n) is 11.5. The summed E-state index contributed by atoms with van der Waals surface area (Å²) < 4.78 is 0. The molecule has 1 atom stereocenters. The van der Waals surface area contributed by atoms with Gasteiger partial charge in [0.15, 0.2) is 0 Å². The molecule has 1 saturated heterocycles. The van der Waals surface area contributed by atoms with Gasteiger partial charge in [-0.3, -0.25) is 14.5 Å². The van der Waals surface area contributed by atoms with Crippen LogP contribution in [-0.4, -0.2) is 17.9 Å². The first-order valence-electron chi connectivity index (χ1n) is 6.99. The van der Waals surface area contributed by atoms with Gasteiger partial charge in [-0.1, -0.05) is 36.4 Å². The summed E-state index contributed by atoms with van der Waals surface area (Å²) in [6, 6.07) is 18.2. The average Bonchev–Trinajstić information content (AvgIpc) is 2.91. The standard InChI is InChI=1S/C17H16N2O2/c20-16-12-11-15(19(16)14-9-5-2-6-10-14)17(21)18-13-7-3-1-4-8-13/h1-10,15H,11-12H2,(H,18,21). The third-order valence-electron chi connectivity index (χ3n) is 3.59. The maximum Gasteiger partial charge on any atom is 0.247 e. The van der Waals surface area contributed by atoms with Crippen LogP contribution in [0.2, 0.25) is 0 Å². The fourth-order valence-electron chi connectivity index (χ4n) is 2.59. The van der Waals surface area contributed by atoms with Crippen LogP contribution in [0.25, 0.3) is 0 Å². The molecule has 1 heterocycles. The Balaban J connectivity index is 1.80. The van der Waals surface area contributed by atoms with E-state index in [0.29, 0.717) is 12.8 Å². The molecule has 4 nitrogen and oxygen atoms in total. The molecule has 1 aliphatic heterocycles. The van der Waals surface area contributed by atoms with Crippen LogP contribution in [0.15, 0.2) is 60.7 Å². The van der Waals surface area contributed by atoms with Gasteiger partial charge in [0, 0.05) is 17.8 Å². The Morgan fingerprint density at radius 2 is 1.62 bits per heavy atom. The van der Waals surface area contributed by atoms with Crippen molar-refractivity contribution in [2.24, 2.45) is 0 Å². The van der Waals surface area contributed by atoms with Crippen LogP contribution >= 0.6 is 0 Å². The van der Waals surface area contributed by atoms with Gasteiger partial charge in [-0.05, 0) is 30.7 Å². The number of benzene rings is 2. The van der Waals surface area contributed by atoms with Gasteiger partial charge >= 0.3 is 0 Å². The van der Waals surface area contributed by atoms with Gasteiger partial charge in [-0.2, -0.15) is 0 Å². The third-order valence-corrected chi connectivity index (χ3v) is 3.59. The van der Waals surface area contributed by atoms with Crippen molar-refractivity contribution in [3.05, 3.63) is 60.7 Å². The number of para-hydroxylation sites is 2. The van der Waals surface area contributed by atoms with Gasteiger partial charge in [-0.25, -0.2) is 0 Å². The molecule has 0 aliphatic carbocycles. The summed E-state index contributed by atoms with van der Waals surface area (Å²) in [4.78, 5) is 26.1. The molecule has 106 valence electrons. The first-order chi connectivity index (χ1) is 10.3. The fourth-order valence-corrected chi connectivity index (χ4v) is 2.59. The topological polar surface area (TPSA) is 49.4 Å². The monoisotopic (exact) mass is 280 g/mol. The third kappa shape index (κ3) is 2.79. The van der Waals surface area contributed by atoms with E-state index < -0.39 is 6.04 Å². The van der Waals surface area contributed by atoms with Gasteiger partial charge in [0.2, 0.25) is 11.8 Å². The van der Waals surface area contributed by atoms with Crippen molar-refractivity contribution in [2.75, 3.05) is 10.2 Å². The SMILES string of the molecule is O=C(Nc1ccccc1)C1CCC(=O)N1c1ccccc1. The van der Waals surface area contributed by atoms with Gasteiger partial charge in [0.25, 0.3) is 0 Å². The van der Waals surface area contributed by atoms with E-state index in [9.17, 15) is 9.59 Å². The van der Waals surface area contributed by atoms with Crippen molar-refractivity contribution in [1.29, 1.82) is 0 Å². The average molecular weight is 280 g/mol.